The summed E-state index contributed by atoms with van der Waals surface area (Å²) < 4.78 is 18.2. The molecule has 2 aromatic carbocycles. The Labute approximate surface area is 257 Å². The zero-order valence-corrected chi connectivity index (χ0v) is 25.4. The Morgan fingerprint density at radius 3 is 2.11 bits per heavy atom. The van der Waals surface area contributed by atoms with Crippen molar-refractivity contribution in [2.24, 2.45) is 0 Å². The number of nitrogens with one attached hydrogen (secondary N) is 2. The molecule has 0 radical (unpaired) electrons. The first kappa shape index (κ1) is 33.3. The van der Waals surface area contributed by atoms with Gasteiger partial charge in [-0.2, -0.15) is 0 Å². The highest BCUT2D eigenvalue weighted by atomic mass is 16.8. The second-order valence-electron chi connectivity index (χ2n) is 12.2. The Balaban J connectivity index is 1.47. The number of fused-ring (bicyclic) bond motifs is 1. The summed E-state index contributed by atoms with van der Waals surface area (Å²) in [6, 6.07) is 16.5. The third kappa shape index (κ3) is 7.91. The number of benzene rings is 2. The molecule has 6 atom stereocenters. The van der Waals surface area contributed by atoms with Crippen LogP contribution in [0.3, 0.4) is 0 Å². The molecular weight excluding hydrogens is 568 g/mol. The topological polar surface area (TPSA) is 164 Å². The van der Waals surface area contributed by atoms with Gasteiger partial charge in [-0.05, 0) is 40.2 Å². The predicted molar refractivity (Wildman–Crippen MR) is 160 cm³/mol. The lowest BCUT2D eigenvalue weighted by Crippen LogP contribution is -2.55. The molecule has 0 bridgehead atoms. The standard InChI is InChI=1S/C33H42N2O9/c1-20(37)28(31(41)34-24(19-36)15-16-27(39)43-32(2,3)4)35-30(40)21-17-25(38)29-26(18-21)42-33(44-29,22-11-7-5-8-12-22)23-13-9-6-10-14-23/h5-14,18,20,24-26,28-29,36-38H,15-17,19H2,1-4H3,(H,34,41)(H,35,40). The largest absolute Gasteiger partial charge is 0.460 e. The van der Waals surface area contributed by atoms with Crippen LogP contribution >= 0.6 is 0 Å². The fraction of sp³-hybridized carbons (Fsp3) is 0.485. The summed E-state index contributed by atoms with van der Waals surface area (Å²) in [5.74, 6) is -3.20. The Kier molecular flexibility index (Phi) is 10.6. The molecule has 11 heteroatoms. The van der Waals surface area contributed by atoms with Crippen molar-refractivity contribution in [1.29, 1.82) is 0 Å². The number of carbonyl (C=O) groups excluding carboxylic acids is 3. The zero-order valence-electron chi connectivity index (χ0n) is 25.4. The number of amides is 2. The van der Waals surface area contributed by atoms with Crippen molar-refractivity contribution in [3.05, 3.63) is 83.4 Å². The minimum absolute atomic E-state index is 0.0443. The summed E-state index contributed by atoms with van der Waals surface area (Å²) >= 11 is 0. The molecule has 1 aliphatic heterocycles. The number of hydrogen-bond acceptors (Lipinski definition) is 9. The third-order valence-electron chi connectivity index (χ3n) is 7.44. The van der Waals surface area contributed by atoms with E-state index in [9.17, 15) is 29.7 Å². The molecule has 4 rings (SSSR count). The first-order chi connectivity index (χ1) is 20.8. The van der Waals surface area contributed by atoms with Gasteiger partial charge < -0.3 is 40.2 Å². The fourth-order valence-electron chi connectivity index (χ4n) is 5.33. The molecule has 1 aliphatic carbocycles. The van der Waals surface area contributed by atoms with Gasteiger partial charge in [0.25, 0.3) is 0 Å². The highest BCUT2D eigenvalue weighted by molar-refractivity contribution is 5.97. The van der Waals surface area contributed by atoms with Crippen LogP contribution in [0, 0.1) is 0 Å². The Morgan fingerprint density at radius 1 is 1.00 bits per heavy atom. The number of rotatable bonds is 11. The van der Waals surface area contributed by atoms with E-state index >= 15 is 0 Å². The number of hydrogen-bond donors (Lipinski definition) is 5. The quantitative estimate of drug-likeness (QED) is 0.239. The maximum atomic E-state index is 13.4. The number of aliphatic hydroxyl groups is 3. The van der Waals surface area contributed by atoms with Gasteiger partial charge in [-0.3, -0.25) is 14.4 Å². The van der Waals surface area contributed by atoms with Crippen LogP contribution in [0.2, 0.25) is 0 Å². The van der Waals surface area contributed by atoms with Crippen molar-refractivity contribution in [3.63, 3.8) is 0 Å². The smallest absolute Gasteiger partial charge is 0.306 e. The second kappa shape index (κ2) is 14.0. The Hall–Kier alpha value is -3.61. The van der Waals surface area contributed by atoms with E-state index in [0.717, 1.165) is 11.1 Å². The van der Waals surface area contributed by atoms with E-state index in [2.05, 4.69) is 10.6 Å². The molecule has 11 nitrogen and oxygen atoms in total. The minimum Gasteiger partial charge on any atom is -0.460 e. The molecule has 2 aliphatic rings. The van der Waals surface area contributed by atoms with Crippen LogP contribution in [0.4, 0.5) is 0 Å². The van der Waals surface area contributed by atoms with Crippen LogP contribution in [0.1, 0.15) is 58.1 Å². The average molecular weight is 611 g/mol. The summed E-state index contributed by atoms with van der Waals surface area (Å²) in [7, 11) is 0. The number of aliphatic hydroxyl groups excluding tert-OH is 3. The lowest BCUT2D eigenvalue weighted by molar-refractivity contribution is -0.156. The summed E-state index contributed by atoms with van der Waals surface area (Å²) in [4.78, 5) is 38.5. The van der Waals surface area contributed by atoms with E-state index in [4.69, 9.17) is 14.2 Å². The molecule has 5 N–H and O–H groups in total. The predicted octanol–water partition coefficient (Wildman–Crippen LogP) is 1.83. The third-order valence-corrected chi connectivity index (χ3v) is 7.44. The van der Waals surface area contributed by atoms with Crippen molar-refractivity contribution >= 4 is 17.8 Å². The van der Waals surface area contributed by atoms with E-state index in [1.165, 1.54) is 6.92 Å². The van der Waals surface area contributed by atoms with E-state index < -0.39 is 72.3 Å². The van der Waals surface area contributed by atoms with Crippen LogP contribution in [0.5, 0.6) is 0 Å². The normalized spacial score (nSPS) is 23.0. The first-order valence-electron chi connectivity index (χ1n) is 14.8. The average Bonchev–Trinajstić information content (AvgIpc) is 3.39. The van der Waals surface area contributed by atoms with Gasteiger partial charge in [0, 0.05) is 29.5 Å². The SMILES string of the molecule is CC(O)C(NC(=O)C1=CC2OC(c3ccccc3)(c3ccccc3)OC2C(O)C1)C(=O)NC(CO)CCC(=O)OC(C)(C)C. The molecule has 2 aromatic rings. The monoisotopic (exact) mass is 610 g/mol. The molecule has 6 unspecified atom stereocenters. The van der Waals surface area contributed by atoms with Gasteiger partial charge in [0.15, 0.2) is 0 Å². The van der Waals surface area contributed by atoms with Gasteiger partial charge in [-0.15, -0.1) is 0 Å². The zero-order chi connectivity index (χ0) is 32.1. The van der Waals surface area contributed by atoms with E-state index in [1.807, 2.05) is 60.7 Å². The summed E-state index contributed by atoms with van der Waals surface area (Å²) in [6.45, 7) is 6.10. The molecule has 1 saturated heterocycles. The van der Waals surface area contributed by atoms with Crippen molar-refractivity contribution in [1.82, 2.24) is 10.6 Å². The fourth-order valence-corrected chi connectivity index (χ4v) is 5.33. The van der Waals surface area contributed by atoms with Crippen LogP contribution in [0.25, 0.3) is 0 Å². The molecule has 0 spiro atoms. The van der Waals surface area contributed by atoms with Gasteiger partial charge in [0.1, 0.15) is 23.9 Å². The van der Waals surface area contributed by atoms with Crippen LogP contribution in [-0.4, -0.2) is 81.8 Å². The van der Waals surface area contributed by atoms with E-state index in [1.54, 1.807) is 26.8 Å². The van der Waals surface area contributed by atoms with Crippen LogP contribution < -0.4 is 10.6 Å². The summed E-state index contributed by atoms with van der Waals surface area (Å²) in [5, 5.41) is 36.3. The van der Waals surface area contributed by atoms with Crippen LogP contribution in [-0.2, 0) is 34.4 Å². The number of ether oxygens (including phenoxy) is 3. The first-order valence-corrected chi connectivity index (χ1v) is 14.8. The molecule has 0 saturated carbocycles. The highest BCUT2D eigenvalue weighted by Gasteiger charge is 2.53. The molecule has 44 heavy (non-hydrogen) atoms. The molecule has 238 valence electrons. The van der Waals surface area contributed by atoms with Crippen molar-refractivity contribution in [3.8, 4) is 0 Å². The van der Waals surface area contributed by atoms with Gasteiger partial charge in [-0.25, -0.2) is 0 Å². The van der Waals surface area contributed by atoms with E-state index in [-0.39, 0.29) is 24.8 Å². The summed E-state index contributed by atoms with van der Waals surface area (Å²) in [5.41, 5.74) is 0.950. The van der Waals surface area contributed by atoms with Crippen molar-refractivity contribution in [2.75, 3.05) is 6.61 Å². The van der Waals surface area contributed by atoms with Crippen molar-refractivity contribution < 1.29 is 43.9 Å². The summed E-state index contributed by atoms with van der Waals surface area (Å²) in [6.07, 6.45) is -2.37. The number of esters is 1. The molecule has 0 aromatic heterocycles. The van der Waals surface area contributed by atoms with Gasteiger partial charge in [-0.1, -0.05) is 60.7 Å². The second-order valence-corrected chi connectivity index (χ2v) is 12.2. The lowest BCUT2D eigenvalue weighted by atomic mass is 9.91. The number of carbonyl (C=O) groups is 3. The molecule has 2 amide bonds. The van der Waals surface area contributed by atoms with E-state index in [0.29, 0.717) is 0 Å². The minimum atomic E-state index is -1.37. The van der Waals surface area contributed by atoms with Crippen molar-refractivity contribution in [2.45, 2.75) is 94.8 Å². The maximum Gasteiger partial charge on any atom is 0.306 e. The maximum absolute atomic E-state index is 13.4. The Bertz CT molecular complexity index is 1280. The van der Waals surface area contributed by atoms with Gasteiger partial charge >= 0.3 is 5.97 Å². The molecule has 1 heterocycles. The molecular formula is C33H42N2O9. The molecule has 1 fully saturated rings. The van der Waals surface area contributed by atoms with Gasteiger partial charge in [0.05, 0.1) is 24.9 Å². The highest BCUT2D eigenvalue weighted by Crippen LogP contribution is 2.46. The van der Waals surface area contributed by atoms with Crippen LogP contribution in [0.15, 0.2) is 72.3 Å². The lowest BCUT2D eigenvalue weighted by Gasteiger charge is -2.30. The van der Waals surface area contributed by atoms with Gasteiger partial charge in [0.2, 0.25) is 17.6 Å². The Morgan fingerprint density at radius 2 is 1.59 bits per heavy atom.